The van der Waals surface area contributed by atoms with Crippen LogP contribution in [0.5, 0.6) is 0 Å². The standard InChI is InChI=1S/C14H18N4/c1-4-5-12-13(17-9-18-14(12)15-3)11-7-6-10(2)16-8-11/h6-9H,4-5H2,1-3H3,(H,15,17,18). The van der Waals surface area contributed by atoms with E-state index in [2.05, 4.69) is 33.3 Å². The Balaban J connectivity index is 2.52. The molecule has 0 spiro atoms. The molecule has 1 N–H and O–H groups in total. The molecule has 0 radical (unpaired) electrons. The van der Waals surface area contributed by atoms with Crippen molar-refractivity contribution in [3.05, 3.63) is 35.9 Å². The van der Waals surface area contributed by atoms with Crippen LogP contribution in [0.2, 0.25) is 0 Å². The Morgan fingerprint density at radius 3 is 2.61 bits per heavy atom. The third-order valence-electron chi connectivity index (χ3n) is 2.87. The molecule has 0 aliphatic carbocycles. The Kier molecular flexibility index (Phi) is 3.87. The molecule has 4 heteroatoms. The van der Waals surface area contributed by atoms with Gasteiger partial charge in [0.25, 0.3) is 0 Å². The molecule has 0 unspecified atom stereocenters. The molecule has 0 aromatic carbocycles. The zero-order valence-corrected chi connectivity index (χ0v) is 11.1. The molecule has 18 heavy (non-hydrogen) atoms. The van der Waals surface area contributed by atoms with Gasteiger partial charge in [-0.05, 0) is 25.5 Å². The van der Waals surface area contributed by atoms with Gasteiger partial charge in [0.2, 0.25) is 0 Å². The lowest BCUT2D eigenvalue weighted by atomic mass is 10.0. The average Bonchev–Trinajstić information content (AvgIpc) is 2.40. The lowest BCUT2D eigenvalue weighted by Gasteiger charge is -2.11. The van der Waals surface area contributed by atoms with Crippen molar-refractivity contribution in [2.45, 2.75) is 26.7 Å². The van der Waals surface area contributed by atoms with E-state index >= 15 is 0 Å². The summed E-state index contributed by atoms with van der Waals surface area (Å²) in [5.41, 5.74) is 4.19. The minimum absolute atomic E-state index is 0.905. The fraction of sp³-hybridized carbons (Fsp3) is 0.357. The van der Waals surface area contributed by atoms with Gasteiger partial charge in [0, 0.05) is 30.1 Å². The van der Waals surface area contributed by atoms with E-state index in [4.69, 9.17) is 0 Å². The lowest BCUT2D eigenvalue weighted by molar-refractivity contribution is 0.905. The Hall–Kier alpha value is -1.97. The highest BCUT2D eigenvalue weighted by Crippen LogP contribution is 2.26. The van der Waals surface area contributed by atoms with Crippen LogP contribution >= 0.6 is 0 Å². The van der Waals surface area contributed by atoms with Gasteiger partial charge in [-0.3, -0.25) is 4.98 Å². The summed E-state index contributed by atoms with van der Waals surface area (Å²) in [6.45, 7) is 4.14. The number of hydrogen-bond acceptors (Lipinski definition) is 4. The Bertz CT molecular complexity index is 520. The summed E-state index contributed by atoms with van der Waals surface area (Å²) in [5.74, 6) is 0.905. The van der Waals surface area contributed by atoms with Crippen LogP contribution in [0.25, 0.3) is 11.3 Å². The average molecular weight is 242 g/mol. The van der Waals surface area contributed by atoms with Crippen molar-refractivity contribution in [2.75, 3.05) is 12.4 Å². The molecule has 2 aromatic heterocycles. The van der Waals surface area contributed by atoms with Crippen LogP contribution in [-0.4, -0.2) is 22.0 Å². The van der Waals surface area contributed by atoms with Gasteiger partial charge in [-0.1, -0.05) is 13.3 Å². The monoisotopic (exact) mass is 242 g/mol. The lowest BCUT2D eigenvalue weighted by Crippen LogP contribution is -2.03. The van der Waals surface area contributed by atoms with Gasteiger partial charge in [0.05, 0.1) is 5.69 Å². The summed E-state index contributed by atoms with van der Waals surface area (Å²) < 4.78 is 0. The van der Waals surface area contributed by atoms with Crippen molar-refractivity contribution < 1.29 is 0 Å². The fourth-order valence-corrected chi connectivity index (χ4v) is 1.97. The van der Waals surface area contributed by atoms with E-state index < -0.39 is 0 Å². The highest BCUT2D eigenvalue weighted by atomic mass is 15.0. The summed E-state index contributed by atoms with van der Waals surface area (Å²) in [4.78, 5) is 13.0. The minimum atomic E-state index is 0.905. The minimum Gasteiger partial charge on any atom is -0.373 e. The van der Waals surface area contributed by atoms with Crippen LogP contribution in [0.15, 0.2) is 24.7 Å². The van der Waals surface area contributed by atoms with Crippen LogP contribution < -0.4 is 5.32 Å². The smallest absolute Gasteiger partial charge is 0.132 e. The quantitative estimate of drug-likeness (QED) is 0.895. The van der Waals surface area contributed by atoms with E-state index in [1.807, 2.05) is 26.2 Å². The molecular weight excluding hydrogens is 224 g/mol. The number of nitrogens with zero attached hydrogens (tertiary/aromatic N) is 3. The van der Waals surface area contributed by atoms with E-state index in [1.165, 1.54) is 0 Å². The number of nitrogens with one attached hydrogen (secondary N) is 1. The van der Waals surface area contributed by atoms with Crippen molar-refractivity contribution in [1.29, 1.82) is 0 Å². The number of aryl methyl sites for hydroxylation is 1. The first-order chi connectivity index (χ1) is 8.76. The maximum Gasteiger partial charge on any atom is 0.132 e. The van der Waals surface area contributed by atoms with Crippen LogP contribution in [0.1, 0.15) is 24.6 Å². The summed E-state index contributed by atoms with van der Waals surface area (Å²) in [6, 6.07) is 4.06. The second-order valence-corrected chi connectivity index (χ2v) is 4.24. The Morgan fingerprint density at radius 1 is 1.17 bits per heavy atom. The van der Waals surface area contributed by atoms with Crippen LogP contribution in [0.4, 0.5) is 5.82 Å². The first-order valence-electron chi connectivity index (χ1n) is 6.21. The largest absolute Gasteiger partial charge is 0.373 e. The molecule has 0 saturated heterocycles. The maximum absolute atomic E-state index is 4.41. The molecule has 4 nitrogen and oxygen atoms in total. The molecule has 2 heterocycles. The van der Waals surface area contributed by atoms with E-state index in [1.54, 1.807) is 6.33 Å². The molecular formula is C14H18N4. The predicted octanol–water partition coefficient (Wildman–Crippen LogP) is 2.84. The van der Waals surface area contributed by atoms with Gasteiger partial charge < -0.3 is 5.32 Å². The van der Waals surface area contributed by atoms with E-state index in [0.29, 0.717) is 0 Å². The molecule has 0 aliphatic rings. The normalized spacial score (nSPS) is 10.4. The maximum atomic E-state index is 4.41. The summed E-state index contributed by atoms with van der Waals surface area (Å²) >= 11 is 0. The fourth-order valence-electron chi connectivity index (χ4n) is 1.97. The summed E-state index contributed by atoms with van der Waals surface area (Å²) in [6.07, 6.45) is 5.49. The van der Waals surface area contributed by atoms with Crippen molar-refractivity contribution in [1.82, 2.24) is 15.0 Å². The Labute approximate surface area is 108 Å². The van der Waals surface area contributed by atoms with Crippen molar-refractivity contribution in [3.8, 4) is 11.3 Å². The van der Waals surface area contributed by atoms with Crippen LogP contribution in [0.3, 0.4) is 0 Å². The number of hydrogen-bond donors (Lipinski definition) is 1. The molecule has 0 atom stereocenters. The van der Waals surface area contributed by atoms with Gasteiger partial charge >= 0.3 is 0 Å². The molecule has 0 fully saturated rings. The van der Waals surface area contributed by atoms with E-state index in [9.17, 15) is 0 Å². The van der Waals surface area contributed by atoms with Crippen LogP contribution in [0, 0.1) is 6.92 Å². The van der Waals surface area contributed by atoms with Gasteiger partial charge in [-0.2, -0.15) is 0 Å². The molecule has 0 saturated carbocycles. The molecule has 0 aliphatic heterocycles. The SMILES string of the molecule is CCCc1c(NC)ncnc1-c1ccc(C)nc1. The van der Waals surface area contributed by atoms with Gasteiger partial charge in [0.15, 0.2) is 0 Å². The first kappa shape index (κ1) is 12.5. The summed E-state index contributed by atoms with van der Waals surface area (Å²) in [5, 5.41) is 3.13. The zero-order valence-electron chi connectivity index (χ0n) is 11.1. The van der Waals surface area contributed by atoms with Crippen LogP contribution in [-0.2, 0) is 6.42 Å². The third kappa shape index (κ3) is 2.47. The number of rotatable bonds is 4. The van der Waals surface area contributed by atoms with E-state index in [0.717, 1.165) is 41.2 Å². The topological polar surface area (TPSA) is 50.7 Å². The molecule has 0 amide bonds. The predicted molar refractivity (Wildman–Crippen MR) is 73.5 cm³/mol. The second-order valence-electron chi connectivity index (χ2n) is 4.24. The first-order valence-corrected chi connectivity index (χ1v) is 6.21. The third-order valence-corrected chi connectivity index (χ3v) is 2.87. The molecule has 2 aromatic rings. The molecule has 2 rings (SSSR count). The number of pyridine rings is 1. The number of anilines is 1. The van der Waals surface area contributed by atoms with Gasteiger partial charge in [0.1, 0.15) is 12.1 Å². The molecule has 0 bridgehead atoms. The molecule has 94 valence electrons. The summed E-state index contributed by atoms with van der Waals surface area (Å²) in [7, 11) is 1.89. The van der Waals surface area contributed by atoms with E-state index in [-0.39, 0.29) is 0 Å². The Morgan fingerprint density at radius 2 is 2.00 bits per heavy atom. The van der Waals surface area contributed by atoms with Crippen molar-refractivity contribution in [2.24, 2.45) is 0 Å². The van der Waals surface area contributed by atoms with Crippen molar-refractivity contribution >= 4 is 5.82 Å². The van der Waals surface area contributed by atoms with Gasteiger partial charge in [-0.15, -0.1) is 0 Å². The zero-order chi connectivity index (χ0) is 13.0. The highest BCUT2D eigenvalue weighted by molar-refractivity contribution is 5.67. The number of aromatic nitrogens is 3. The van der Waals surface area contributed by atoms with Gasteiger partial charge in [-0.25, -0.2) is 9.97 Å². The highest BCUT2D eigenvalue weighted by Gasteiger charge is 2.11. The van der Waals surface area contributed by atoms with Crippen molar-refractivity contribution in [3.63, 3.8) is 0 Å². The second kappa shape index (κ2) is 5.58.